The fourth-order valence-corrected chi connectivity index (χ4v) is 2.07. The van der Waals surface area contributed by atoms with Gasteiger partial charge in [-0.1, -0.05) is 12.1 Å². The normalized spacial score (nSPS) is 10.9. The molecule has 1 aromatic carbocycles. The van der Waals surface area contributed by atoms with Crippen LogP contribution in [-0.2, 0) is 11.3 Å². The Morgan fingerprint density at radius 2 is 2.19 bits per heavy atom. The number of nitrogens with zero attached hydrogens (tertiary/aromatic N) is 1. The summed E-state index contributed by atoms with van der Waals surface area (Å²) in [6, 6.07) is 11.8. The van der Waals surface area contributed by atoms with E-state index in [0.717, 1.165) is 30.5 Å². The van der Waals surface area contributed by atoms with E-state index in [4.69, 9.17) is 9.84 Å². The third kappa shape index (κ3) is 4.84. The Kier molecular flexibility index (Phi) is 5.21. The highest BCUT2D eigenvalue weighted by atomic mass is 16.5. The minimum atomic E-state index is -0.939. The molecule has 1 aromatic heterocycles. The summed E-state index contributed by atoms with van der Waals surface area (Å²) in [5, 5.41) is 8.65. The van der Waals surface area contributed by atoms with Crippen LogP contribution >= 0.6 is 0 Å². The molecule has 0 bridgehead atoms. The summed E-state index contributed by atoms with van der Waals surface area (Å²) >= 11 is 0. The number of aliphatic carboxylic acids is 1. The van der Waals surface area contributed by atoms with E-state index in [1.807, 2.05) is 54.1 Å². The summed E-state index contributed by atoms with van der Waals surface area (Å²) in [6.07, 6.45) is 5.55. The molecule has 0 aliphatic rings. The number of carbonyl (C=O) groups is 1. The molecule has 0 unspecified atom stereocenters. The molecule has 0 aliphatic carbocycles. The zero-order valence-electron chi connectivity index (χ0n) is 12.0. The number of hydrogen-bond acceptors (Lipinski definition) is 2. The highest BCUT2D eigenvalue weighted by molar-refractivity contribution is 5.84. The van der Waals surface area contributed by atoms with E-state index in [2.05, 4.69) is 0 Å². The Hall–Kier alpha value is -2.49. The molecule has 1 heterocycles. The number of carboxylic acids is 1. The summed E-state index contributed by atoms with van der Waals surface area (Å²) in [4.78, 5) is 10.5. The van der Waals surface area contributed by atoms with E-state index < -0.39 is 5.97 Å². The molecule has 1 N–H and O–H groups in total. The van der Waals surface area contributed by atoms with Crippen molar-refractivity contribution < 1.29 is 14.6 Å². The maximum absolute atomic E-state index is 10.5. The zero-order chi connectivity index (χ0) is 15.1. The number of ether oxygens (including phenoxy) is 1. The second-order valence-corrected chi connectivity index (χ2v) is 4.82. The van der Waals surface area contributed by atoms with Crippen molar-refractivity contribution in [1.82, 2.24) is 4.57 Å². The van der Waals surface area contributed by atoms with Crippen LogP contribution in [0.2, 0.25) is 0 Å². The Balaban J connectivity index is 1.81. The van der Waals surface area contributed by atoms with Crippen LogP contribution in [0.15, 0.2) is 48.7 Å². The van der Waals surface area contributed by atoms with Gasteiger partial charge in [-0.15, -0.1) is 0 Å². The third-order valence-corrected chi connectivity index (χ3v) is 3.06. The molecule has 21 heavy (non-hydrogen) atoms. The Morgan fingerprint density at radius 1 is 1.33 bits per heavy atom. The van der Waals surface area contributed by atoms with Crippen LogP contribution < -0.4 is 4.74 Å². The lowest BCUT2D eigenvalue weighted by Crippen LogP contribution is -2.05. The first-order valence-corrected chi connectivity index (χ1v) is 6.91. The van der Waals surface area contributed by atoms with Crippen LogP contribution in [0.25, 0.3) is 6.08 Å². The average Bonchev–Trinajstić information content (AvgIpc) is 2.89. The standard InChI is InChI=1S/C17H19NO3/c1-14-5-2-7-16(13-14)21-12-4-11-18-10-3-6-15(18)8-9-17(19)20/h2-3,5-10,13H,4,11-12H2,1H3,(H,19,20)/b9-8+. The SMILES string of the molecule is Cc1cccc(OCCCn2cccc2/C=C/C(=O)O)c1. The van der Waals surface area contributed by atoms with Gasteiger partial charge in [-0.05, 0) is 49.2 Å². The number of aryl methyl sites for hydroxylation is 2. The van der Waals surface area contributed by atoms with Crippen LogP contribution in [-0.4, -0.2) is 22.2 Å². The molecule has 0 aliphatic heterocycles. The van der Waals surface area contributed by atoms with E-state index in [1.54, 1.807) is 6.08 Å². The van der Waals surface area contributed by atoms with E-state index in [9.17, 15) is 4.79 Å². The lowest BCUT2D eigenvalue weighted by molar-refractivity contribution is -0.131. The van der Waals surface area contributed by atoms with Crippen molar-refractivity contribution in [2.45, 2.75) is 19.9 Å². The van der Waals surface area contributed by atoms with Crippen molar-refractivity contribution in [2.75, 3.05) is 6.61 Å². The number of aromatic nitrogens is 1. The van der Waals surface area contributed by atoms with Gasteiger partial charge in [0.25, 0.3) is 0 Å². The van der Waals surface area contributed by atoms with Crippen LogP contribution in [0.1, 0.15) is 17.7 Å². The zero-order valence-corrected chi connectivity index (χ0v) is 12.0. The highest BCUT2D eigenvalue weighted by Crippen LogP contribution is 2.13. The summed E-state index contributed by atoms with van der Waals surface area (Å²) in [6.45, 7) is 3.45. The molecule has 0 saturated heterocycles. The second-order valence-electron chi connectivity index (χ2n) is 4.82. The second kappa shape index (κ2) is 7.33. The molecule has 0 saturated carbocycles. The number of hydrogen-bond donors (Lipinski definition) is 1. The fourth-order valence-electron chi connectivity index (χ4n) is 2.07. The lowest BCUT2D eigenvalue weighted by atomic mass is 10.2. The van der Waals surface area contributed by atoms with Crippen LogP contribution in [0, 0.1) is 6.92 Å². The molecule has 2 aromatic rings. The molecule has 0 atom stereocenters. The molecule has 0 fully saturated rings. The van der Waals surface area contributed by atoms with Gasteiger partial charge in [0.1, 0.15) is 5.75 Å². The third-order valence-electron chi connectivity index (χ3n) is 3.06. The molecule has 0 radical (unpaired) electrons. The van der Waals surface area contributed by atoms with Gasteiger partial charge < -0.3 is 14.4 Å². The van der Waals surface area contributed by atoms with Gasteiger partial charge >= 0.3 is 5.97 Å². The first kappa shape index (κ1) is 14.9. The maximum Gasteiger partial charge on any atom is 0.328 e. The molecule has 110 valence electrons. The van der Waals surface area contributed by atoms with E-state index in [1.165, 1.54) is 5.56 Å². The molecule has 2 rings (SSSR count). The number of benzene rings is 1. The quantitative estimate of drug-likeness (QED) is 0.627. The summed E-state index contributed by atoms with van der Waals surface area (Å²) < 4.78 is 7.71. The van der Waals surface area contributed by atoms with Gasteiger partial charge in [-0.25, -0.2) is 4.79 Å². The van der Waals surface area contributed by atoms with Crippen molar-refractivity contribution >= 4 is 12.0 Å². The summed E-state index contributed by atoms with van der Waals surface area (Å²) in [7, 11) is 0. The fraction of sp³-hybridized carbons (Fsp3) is 0.235. The van der Waals surface area contributed by atoms with Gasteiger partial charge in [-0.3, -0.25) is 0 Å². The van der Waals surface area contributed by atoms with Crippen molar-refractivity contribution in [1.29, 1.82) is 0 Å². The average molecular weight is 285 g/mol. The van der Waals surface area contributed by atoms with Crippen LogP contribution in [0.4, 0.5) is 0 Å². The van der Waals surface area contributed by atoms with Gasteiger partial charge in [0.05, 0.1) is 6.61 Å². The highest BCUT2D eigenvalue weighted by Gasteiger charge is 1.99. The van der Waals surface area contributed by atoms with Crippen molar-refractivity contribution in [3.63, 3.8) is 0 Å². The Labute approximate surface area is 124 Å². The van der Waals surface area contributed by atoms with Gasteiger partial charge in [-0.2, -0.15) is 0 Å². The van der Waals surface area contributed by atoms with E-state index in [0.29, 0.717) is 6.61 Å². The minimum absolute atomic E-state index is 0.629. The molecular formula is C17H19NO3. The van der Waals surface area contributed by atoms with Gasteiger partial charge in [0.15, 0.2) is 0 Å². The summed E-state index contributed by atoms with van der Waals surface area (Å²) in [5.74, 6) is -0.0565. The molecule has 0 amide bonds. The largest absolute Gasteiger partial charge is 0.494 e. The molecule has 4 heteroatoms. The maximum atomic E-state index is 10.5. The van der Waals surface area contributed by atoms with Crippen molar-refractivity contribution in [2.24, 2.45) is 0 Å². The van der Waals surface area contributed by atoms with Crippen LogP contribution in [0.5, 0.6) is 5.75 Å². The van der Waals surface area contributed by atoms with Gasteiger partial charge in [0.2, 0.25) is 0 Å². The monoisotopic (exact) mass is 285 g/mol. The first-order valence-electron chi connectivity index (χ1n) is 6.91. The lowest BCUT2D eigenvalue weighted by Gasteiger charge is -2.09. The molecule has 0 spiro atoms. The first-order chi connectivity index (χ1) is 10.1. The topological polar surface area (TPSA) is 51.5 Å². The number of carboxylic acid groups (broad SMARTS) is 1. The Morgan fingerprint density at radius 3 is 2.95 bits per heavy atom. The molecular weight excluding hydrogens is 266 g/mol. The number of rotatable bonds is 7. The molecule has 4 nitrogen and oxygen atoms in total. The van der Waals surface area contributed by atoms with E-state index >= 15 is 0 Å². The predicted octanol–water partition coefficient (Wildman–Crippen LogP) is 3.36. The Bertz CT molecular complexity index is 628. The summed E-state index contributed by atoms with van der Waals surface area (Å²) in [5.41, 5.74) is 2.06. The smallest absolute Gasteiger partial charge is 0.328 e. The minimum Gasteiger partial charge on any atom is -0.494 e. The van der Waals surface area contributed by atoms with Crippen molar-refractivity contribution in [3.05, 3.63) is 59.9 Å². The van der Waals surface area contributed by atoms with Crippen LogP contribution in [0.3, 0.4) is 0 Å². The predicted molar refractivity (Wildman–Crippen MR) is 82.4 cm³/mol. The van der Waals surface area contributed by atoms with Crippen molar-refractivity contribution in [3.8, 4) is 5.75 Å². The van der Waals surface area contributed by atoms with Gasteiger partial charge in [0, 0.05) is 24.5 Å². The van der Waals surface area contributed by atoms with E-state index in [-0.39, 0.29) is 0 Å².